The van der Waals surface area contributed by atoms with E-state index < -0.39 is 0 Å². The number of hydrogen-bond acceptors (Lipinski definition) is 4. The molecule has 0 atom stereocenters. The van der Waals surface area contributed by atoms with Gasteiger partial charge in [-0.05, 0) is 6.07 Å². The monoisotopic (exact) mass is 164 g/mol. The van der Waals surface area contributed by atoms with Crippen molar-refractivity contribution in [2.24, 2.45) is 0 Å². The van der Waals surface area contributed by atoms with Crippen molar-refractivity contribution in [2.75, 3.05) is 5.73 Å². The highest BCUT2D eigenvalue weighted by atomic mass is 16.3. The maximum absolute atomic E-state index is 9.21. The Balaban J connectivity index is 2.83. The number of aryl methyl sites for hydroxylation is 1. The Bertz CT molecular complexity index is 395. The van der Waals surface area contributed by atoms with Crippen molar-refractivity contribution in [3.63, 3.8) is 0 Å². The van der Waals surface area contributed by atoms with Gasteiger partial charge in [0, 0.05) is 13.0 Å². The van der Waals surface area contributed by atoms with Gasteiger partial charge in [-0.3, -0.25) is 0 Å². The van der Waals surface area contributed by atoms with Gasteiger partial charge in [-0.1, -0.05) is 0 Å². The number of aromatic nitrogens is 1. The summed E-state index contributed by atoms with van der Waals surface area (Å²) in [6, 6.07) is 3.05. The Labute approximate surface area is 68.6 Å². The van der Waals surface area contributed by atoms with Crippen molar-refractivity contribution in [3.05, 3.63) is 18.0 Å². The van der Waals surface area contributed by atoms with E-state index in [0.717, 1.165) is 0 Å². The van der Waals surface area contributed by atoms with Crippen LogP contribution < -0.4 is 5.73 Å². The van der Waals surface area contributed by atoms with Crippen LogP contribution in [0, 0.1) is 6.92 Å². The maximum atomic E-state index is 9.21. The highest BCUT2D eigenvalue weighted by molar-refractivity contribution is 5.80. The van der Waals surface area contributed by atoms with Gasteiger partial charge in [-0.2, -0.15) is 0 Å². The molecule has 0 spiro atoms. The van der Waals surface area contributed by atoms with Crippen LogP contribution in [-0.2, 0) is 0 Å². The van der Waals surface area contributed by atoms with E-state index in [1.165, 1.54) is 6.07 Å². The van der Waals surface area contributed by atoms with Gasteiger partial charge in [0.15, 0.2) is 11.5 Å². The first-order valence-electron chi connectivity index (χ1n) is 3.52. The van der Waals surface area contributed by atoms with Gasteiger partial charge in [0.1, 0.15) is 11.3 Å². The number of anilines is 1. The van der Waals surface area contributed by atoms with Gasteiger partial charge in [-0.15, -0.1) is 0 Å². The molecule has 0 unspecified atom stereocenters. The lowest BCUT2D eigenvalue weighted by atomic mass is 10.3. The largest absolute Gasteiger partial charge is 0.506 e. The number of fused-ring (bicyclic) bond motifs is 1. The van der Waals surface area contributed by atoms with Crippen LogP contribution in [0.4, 0.5) is 5.69 Å². The second-order valence-corrected chi connectivity index (χ2v) is 2.61. The van der Waals surface area contributed by atoms with E-state index in [1.54, 1.807) is 13.0 Å². The third-order valence-electron chi connectivity index (χ3n) is 1.64. The second-order valence-electron chi connectivity index (χ2n) is 2.61. The topological polar surface area (TPSA) is 72.3 Å². The van der Waals surface area contributed by atoms with Crippen molar-refractivity contribution in [1.29, 1.82) is 0 Å². The van der Waals surface area contributed by atoms with E-state index in [1.807, 2.05) is 0 Å². The normalized spacial score (nSPS) is 10.8. The molecule has 2 aromatic rings. The van der Waals surface area contributed by atoms with E-state index in [-0.39, 0.29) is 5.75 Å². The summed E-state index contributed by atoms with van der Waals surface area (Å²) >= 11 is 0. The summed E-state index contributed by atoms with van der Waals surface area (Å²) in [5, 5.41) is 9.21. The van der Waals surface area contributed by atoms with E-state index in [4.69, 9.17) is 10.2 Å². The molecular formula is C8H8N2O2. The first kappa shape index (κ1) is 6.97. The minimum absolute atomic E-state index is 0.0265. The summed E-state index contributed by atoms with van der Waals surface area (Å²) in [5.41, 5.74) is 7.00. The summed E-state index contributed by atoms with van der Waals surface area (Å²) < 4.78 is 5.18. The molecule has 0 aliphatic carbocycles. The lowest BCUT2D eigenvalue weighted by molar-refractivity contribution is 0.476. The van der Waals surface area contributed by atoms with Gasteiger partial charge < -0.3 is 15.3 Å². The van der Waals surface area contributed by atoms with Crippen LogP contribution in [0.15, 0.2) is 16.5 Å². The van der Waals surface area contributed by atoms with E-state index in [2.05, 4.69) is 4.98 Å². The first-order chi connectivity index (χ1) is 5.66. The van der Waals surface area contributed by atoms with Crippen LogP contribution >= 0.6 is 0 Å². The quantitative estimate of drug-likeness (QED) is 0.456. The average molecular weight is 164 g/mol. The van der Waals surface area contributed by atoms with E-state index in [9.17, 15) is 5.11 Å². The molecule has 0 bridgehead atoms. The number of rotatable bonds is 0. The predicted molar refractivity (Wildman–Crippen MR) is 44.8 cm³/mol. The highest BCUT2D eigenvalue weighted by Crippen LogP contribution is 2.26. The lowest BCUT2D eigenvalue weighted by Gasteiger charge is -1.95. The summed E-state index contributed by atoms with van der Waals surface area (Å²) in [7, 11) is 0. The molecule has 1 aromatic carbocycles. The van der Waals surface area contributed by atoms with E-state index >= 15 is 0 Å². The predicted octanol–water partition coefficient (Wildman–Crippen LogP) is 1.42. The Morgan fingerprint density at radius 3 is 3.00 bits per heavy atom. The number of hydrogen-bond donors (Lipinski definition) is 2. The molecule has 0 amide bonds. The number of nitrogens with two attached hydrogens (primary N) is 1. The number of phenols is 1. The van der Waals surface area contributed by atoms with Crippen LogP contribution in [0.1, 0.15) is 5.89 Å². The van der Waals surface area contributed by atoms with Gasteiger partial charge >= 0.3 is 0 Å². The molecule has 1 heterocycles. The van der Waals surface area contributed by atoms with Gasteiger partial charge in [0.2, 0.25) is 0 Å². The zero-order valence-electron chi connectivity index (χ0n) is 6.53. The highest BCUT2D eigenvalue weighted by Gasteiger charge is 2.05. The summed E-state index contributed by atoms with van der Waals surface area (Å²) in [4.78, 5) is 4.06. The Morgan fingerprint density at radius 1 is 1.50 bits per heavy atom. The van der Waals surface area contributed by atoms with Gasteiger partial charge in [-0.25, -0.2) is 4.98 Å². The second kappa shape index (κ2) is 2.14. The van der Waals surface area contributed by atoms with Crippen LogP contribution in [0.2, 0.25) is 0 Å². The Morgan fingerprint density at radius 2 is 2.25 bits per heavy atom. The zero-order chi connectivity index (χ0) is 8.72. The molecule has 2 rings (SSSR count). The molecule has 12 heavy (non-hydrogen) atoms. The molecule has 4 heteroatoms. The third-order valence-corrected chi connectivity index (χ3v) is 1.64. The smallest absolute Gasteiger partial charge is 0.192 e. The molecule has 62 valence electrons. The molecule has 0 aliphatic heterocycles. The fourth-order valence-electron chi connectivity index (χ4n) is 1.09. The number of phenolic OH excluding ortho intramolecular Hbond substituents is 1. The van der Waals surface area contributed by atoms with Gasteiger partial charge in [0.25, 0.3) is 0 Å². The maximum Gasteiger partial charge on any atom is 0.192 e. The fourth-order valence-corrected chi connectivity index (χ4v) is 1.09. The molecular weight excluding hydrogens is 156 g/mol. The Hall–Kier alpha value is -1.71. The van der Waals surface area contributed by atoms with Crippen LogP contribution in [0.3, 0.4) is 0 Å². The average Bonchev–Trinajstić information content (AvgIpc) is 2.30. The summed E-state index contributed by atoms with van der Waals surface area (Å²) in [6.07, 6.45) is 0. The van der Waals surface area contributed by atoms with Crippen molar-refractivity contribution in [1.82, 2.24) is 4.98 Å². The van der Waals surface area contributed by atoms with Crippen molar-refractivity contribution in [2.45, 2.75) is 6.92 Å². The molecule has 0 saturated carbocycles. The van der Waals surface area contributed by atoms with E-state index in [0.29, 0.717) is 22.7 Å². The molecule has 0 aliphatic rings. The minimum Gasteiger partial charge on any atom is -0.506 e. The number of nitrogens with zero attached hydrogens (tertiary/aromatic N) is 1. The van der Waals surface area contributed by atoms with Crippen LogP contribution in [0.5, 0.6) is 5.75 Å². The van der Waals surface area contributed by atoms with Crippen molar-refractivity contribution in [3.8, 4) is 5.75 Å². The molecule has 3 N–H and O–H groups in total. The first-order valence-corrected chi connectivity index (χ1v) is 3.52. The number of nitrogen functional groups attached to an aromatic ring is 1. The summed E-state index contributed by atoms with van der Waals surface area (Å²) in [6.45, 7) is 1.74. The van der Waals surface area contributed by atoms with Crippen molar-refractivity contribution >= 4 is 16.8 Å². The molecule has 1 aromatic heterocycles. The third kappa shape index (κ3) is 0.887. The standard InChI is InChI=1S/C8H8N2O2/c1-4-10-6-2-5(9)7(11)3-8(6)12-4/h2-3,11H,9H2,1H3. The molecule has 0 saturated heterocycles. The summed E-state index contributed by atoms with van der Waals surface area (Å²) in [5.74, 6) is 0.591. The Kier molecular flexibility index (Phi) is 1.24. The SMILES string of the molecule is Cc1nc2cc(N)c(O)cc2o1. The van der Waals surface area contributed by atoms with Crippen molar-refractivity contribution < 1.29 is 9.52 Å². The minimum atomic E-state index is 0.0265. The molecule has 4 nitrogen and oxygen atoms in total. The fraction of sp³-hybridized carbons (Fsp3) is 0.125. The van der Waals surface area contributed by atoms with Gasteiger partial charge in [0.05, 0.1) is 5.69 Å². The van der Waals surface area contributed by atoms with Crippen LogP contribution in [-0.4, -0.2) is 10.1 Å². The number of oxazole rings is 1. The number of benzene rings is 1. The number of aromatic hydroxyl groups is 1. The van der Waals surface area contributed by atoms with Crippen LogP contribution in [0.25, 0.3) is 11.1 Å². The lowest BCUT2D eigenvalue weighted by Crippen LogP contribution is -1.84. The molecule has 0 fully saturated rings. The zero-order valence-corrected chi connectivity index (χ0v) is 6.53. The molecule has 0 radical (unpaired) electrons.